The molecule has 1 aliphatic carbocycles. The summed E-state index contributed by atoms with van der Waals surface area (Å²) in [5, 5.41) is 0.603. The van der Waals surface area contributed by atoms with E-state index < -0.39 is 0 Å². The Morgan fingerprint density at radius 3 is 2.65 bits per heavy atom. The van der Waals surface area contributed by atoms with Crippen molar-refractivity contribution in [3.63, 3.8) is 0 Å². The topological polar surface area (TPSA) is 47.3 Å². The molecule has 1 heterocycles. The average Bonchev–Trinajstić information content (AvgIpc) is 3.08. The lowest BCUT2D eigenvalue weighted by atomic mass is 9.75. The molecule has 0 spiro atoms. The molecule has 1 aromatic carbocycles. The van der Waals surface area contributed by atoms with Crippen LogP contribution in [0.3, 0.4) is 0 Å². The molecule has 0 radical (unpaired) electrons. The number of hydrogen-bond donors (Lipinski definition) is 0. The van der Waals surface area contributed by atoms with E-state index >= 15 is 0 Å². The number of furan rings is 1. The normalized spacial score (nSPS) is 19.5. The molecule has 3 nitrogen and oxygen atoms in total. The first-order chi connectivity index (χ1) is 11.1. The number of ketones is 2. The van der Waals surface area contributed by atoms with Crippen LogP contribution in [-0.2, 0) is 4.79 Å². The van der Waals surface area contributed by atoms with Crippen molar-refractivity contribution in [2.75, 3.05) is 0 Å². The maximum atomic E-state index is 12.6. The predicted octanol–water partition coefficient (Wildman–Crippen LogP) is 5.05. The Balaban J connectivity index is 1.82. The molecule has 1 saturated carbocycles. The van der Waals surface area contributed by atoms with Gasteiger partial charge in [0.15, 0.2) is 5.78 Å². The minimum atomic E-state index is -0.180. The van der Waals surface area contributed by atoms with Crippen LogP contribution in [0, 0.1) is 5.92 Å². The van der Waals surface area contributed by atoms with Crippen LogP contribution in [0.25, 0.3) is 0 Å². The molecule has 0 unspecified atom stereocenters. The van der Waals surface area contributed by atoms with Gasteiger partial charge >= 0.3 is 0 Å². The Kier molecular flexibility index (Phi) is 4.97. The standard InChI is InChI=1S/C19H19ClO3/c20-14-9-7-13(8-10-14)18(22)12-16(19-6-3-11-23-19)15-4-1-2-5-17(15)21/h3,6-11,15-16H,1-2,4-5,12H2/t15-,16+/m1/s1. The molecular formula is C19H19ClO3. The van der Waals surface area contributed by atoms with Crippen molar-refractivity contribution < 1.29 is 14.0 Å². The Bertz CT molecular complexity index is 673. The van der Waals surface area contributed by atoms with Crippen LogP contribution in [0.2, 0.25) is 5.02 Å². The summed E-state index contributed by atoms with van der Waals surface area (Å²) in [4.78, 5) is 24.9. The largest absolute Gasteiger partial charge is 0.469 e. The van der Waals surface area contributed by atoms with Crippen LogP contribution < -0.4 is 0 Å². The van der Waals surface area contributed by atoms with Gasteiger partial charge in [0.05, 0.1) is 6.26 Å². The minimum Gasteiger partial charge on any atom is -0.469 e. The highest BCUT2D eigenvalue weighted by Crippen LogP contribution is 2.37. The quantitative estimate of drug-likeness (QED) is 0.721. The lowest BCUT2D eigenvalue weighted by molar-refractivity contribution is -0.125. The predicted molar refractivity (Wildman–Crippen MR) is 88.8 cm³/mol. The average molecular weight is 331 g/mol. The lowest BCUT2D eigenvalue weighted by Crippen LogP contribution is -2.27. The van der Waals surface area contributed by atoms with Crippen LogP contribution >= 0.6 is 11.6 Å². The Labute approximate surface area is 140 Å². The Hall–Kier alpha value is -1.87. The number of hydrogen-bond acceptors (Lipinski definition) is 3. The molecule has 1 aromatic heterocycles. The van der Waals surface area contributed by atoms with Gasteiger partial charge in [-0.15, -0.1) is 0 Å². The smallest absolute Gasteiger partial charge is 0.163 e. The number of rotatable bonds is 5. The van der Waals surface area contributed by atoms with Gasteiger partial charge < -0.3 is 4.42 Å². The van der Waals surface area contributed by atoms with Crippen LogP contribution in [0.15, 0.2) is 47.1 Å². The lowest BCUT2D eigenvalue weighted by Gasteiger charge is -2.27. The molecule has 0 saturated heterocycles. The molecule has 2 aromatic rings. The number of benzene rings is 1. The first-order valence-corrected chi connectivity index (χ1v) is 8.38. The van der Waals surface area contributed by atoms with E-state index in [1.165, 1.54) is 0 Å². The zero-order valence-electron chi connectivity index (χ0n) is 12.8. The van der Waals surface area contributed by atoms with Gasteiger partial charge in [0.25, 0.3) is 0 Å². The molecule has 0 aliphatic heterocycles. The fourth-order valence-corrected chi connectivity index (χ4v) is 3.46. The molecule has 3 rings (SSSR count). The summed E-state index contributed by atoms with van der Waals surface area (Å²) < 4.78 is 5.53. The molecule has 23 heavy (non-hydrogen) atoms. The van der Waals surface area contributed by atoms with Crippen LogP contribution in [0.4, 0.5) is 0 Å². The van der Waals surface area contributed by atoms with Crippen molar-refractivity contribution in [1.82, 2.24) is 0 Å². The first kappa shape index (κ1) is 16.0. The summed E-state index contributed by atoms with van der Waals surface area (Å²) in [7, 11) is 0. The molecule has 120 valence electrons. The first-order valence-electron chi connectivity index (χ1n) is 8.00. The minimum absolute atomic E-state index is 0.0152. The van der Waals surface area contributed by atoms with Crippen molar-refractivity contribution in [3.8, 4) is 0 Å². The number of Topliss-reactive ketones (excluding diaryl/α,β-unsaturated/α-hetero) is 2. The van der Waals surface area contributed by atoms with E-state index in [2.05, 4.69) is 0 Å². The monoisotopic (exact) mass is 330 g/mol. The highest BCUT2D eigenvalue weighted by molar-refractivity contribution is 6.30. The van der Waals surface area contributed by atoms with Gasteiger partial charge in [-0.1, -0.05) is 18.0 Å². The van der Waals surface area contributed by atoms with E-state index in [1.54, 1.807) is 30.5 Å². The zero-order chi connectivity index (χ0) is 16.2. The van der Waals surface area contributed by atoms with E-state index in [0.29, 0.717) is 17.0 Å². The maximum absolute atomic E-state index is 12.6. The van der Waals surface area contributed by atoms with Crippen molar-refractivity contribution in [2.45, 2.75) is 38.0 Å². The summed E-state index contributed by atoms with van der Waals surface area (Å²) in [6.45, 7) is 0. The van der Waals surface area contributed by atoms with E-state index in [9.17, 15) is 9.59 Å². The number of carbonyl (C=O) groups excluding carboxylic acids is 2. The highest BCUT2D eigenvalue weighted by atomic mass is 35.5. The van der Waals surface area contributed by atoms with Gasteiger partial charge in [0.1, 0.15) is 11.5 Å². The van der Waals surface area contributed by atoms with Crippen molar-refractivity contribution in [3.05, 3.63) is 59.0 Å². The van der Waals surface area contributed by atoms with Gasteiger partial charge in [0.2, 0.25) is 0 Å². The van der Waals surface area contributed by atoms with Crippen LogP contribution in [0.1, 0.15) is 54.1 Å². The molecular weight excluding hydrogens is 312 g/mol. The van der Waals surface area contributed by atoms with Gasteiger partial charge in [-0.3, -0.25) is 9.59 Å². The summed E-state index contributed by atoms with van der Waals surface area (Å²) >= 11 is 5.87. The van der Waals surface area contributed by atoms with Crippen LogP contribution in [-0.4, -0.2) is 11.6 Å². The molecule has 1 fully saturated rings. The molecule has 4 heteroatoms. The third-order valence-corrected chi connectivity index (χ3v) is 4.82. The van der Waals surface area contributed by atoms with Gasteiger partial charge in [-0.05, 0) is 49.2 Å². The summed E-state index contributed by atoms with van der Waals surface area (Å²) in [5.74, 6) is 0.697. The van der Waals surface area contributed by atoms with E-state index in [4.69, 9.17) is 16.0 Å². The fourth-order valence-electron chi connectivity index (χ4n) is 3.33. The second-order valence-corrected chi connectivity index (χ2v) is 6.51. The molecule has 0 amide bonds. The SMILES string of the molecule is O=C(C[C@H](c1ccco1)[C@H]1CCCCC1=O)c1ccc(Cl)cc1. The fraction of sp³-hybridized carbons (Fsp3) is 0.368. The van der Waals surface area contributed by atoms with E-state index in [1.807, 2.05) is 12.1 Å². The van der Waals surface area contributed by atoms with Crippen molar-refractivity contribution >= 4 is 23.2 Å². The molecule has 0 bridgehead atoms. The summed E-state index contributed by atoms with van der Waals surface area (Å²) in [6.07, 6.45) is 5.30. The van der Waals surface area contributed by atoms with Gasteiger partial charge in [-0.2, -0.15) is 0 Å². The van der Waals surface area contributed by atoms with Crippen molar-refractivity contribution in [2.24, 2.45) is 5.92 Å². The second kappa shape index (κ2) is 7.14. The molecule has 2 atom stereocenters. The number of carbonyl (C=O) groups is 2. The van der Waals surface area contributed by atoms with Crippen molar-refractivity contribution in [1.29, 1.82) is 0 Å². The Morgan fingerprint density at radius 1 is 1.22 bits per heavy atom. The Morgan fingerprint density at radius 2 is 2.00 bits per heavy atom. The van der Waals surface area contributed by atoms with E-state index in [0.717, 1.165) is 25.0 Å². The summed E-state index contributed by atoms with van der Waals surface area (Å²) in [6, 6.07) is 10.5. The number of halogens is 1. The summed E-state index contributed by atoms with van der Waals surface area (Å²) in [5.41, 5.74) is 0.620. The van der Waals surface area contributed by atoms with Gasteiger partial charge in [0, 0.05) is 35.3 Å². The second-order valence-electron chi connectivity index (χ2n) is 6.07. The van der Waals surface area contributed by atoms with Crippen LogP contribution in [0.5, 0.6) is 0 Å². The highest BCUT2D eigenvalue weighted by Gasteiger charge is 2.34. The molecule has 0 N–H and O–H groups in total. The third-order valence-electron chi connectivity index (χ3n) is 4.57. The maximum Gasteiger partial charge on any atom is 0.163 e. The van der Waals surface area contributed by atoms with E-state index in [-0.39, 0.29) is 29.8 Å². The zero-order valence-corrected chi connectivity index (χ0v) is 13.6. The third kappa shape index (κ3) is 3.73. The molecule has 1 aliphatic rings. The van der Waals surface area contributed by atoms with Gasteiger partial charge in [-0.25, -0.2) is 0 Å².